The van der Waals surface area contributed by atoms with Gasteiger partial charge >= 0.3 is 6.18 Å². The molecule has 1 aliphatic rings. The molecule has 0 spiro atoms. The molecule has 0 aliphatic carbocycles. The molecule has 2 aromatic rings. The summed E-state index contributed by atoms with van der Waals surface area (Å²) in [4.78, 5) is 4.56. The fraction of sp³-hybridized carbons (Fsp3) is 0.429. The molecule has 1 aliphatic heterocycles. The standard InChI is InChI=1S/C21H24ClF3N2O/c22-19-7-3-17(4-8-19)14-26-9-11-27(12-10-26)15-20(28)13-16-1-5-18(6-2-16)21(23,24)25/h1-8,20,28H,9-15H2/t20-/m0/s1. The minimum absolute atomic E-state index is 0.350. The van der Waals surface area contributed by atoms with E-state index in [9.17, 15) is 18.3 Å². The lowest BCUT2D eigenvalue weighted by Crippen LogP contribution is -2.48. The Morgan fingerprint density at radius 1 is 0.857 bits per heavy atom. The van der Waals surface area contributed by atoms with E-state index in [0.29, 0.717) is 18.5 Å². The lowest BCUT2D eigenvalue weighted by atomic mass is 10.0. The average molecular weight is 413 g/mol. The van der Waals surface area contributed by atoms with Crippen molar-refractivity contribution in [2.45, 2.75) is 25.2 Å². The largest absolute Gasteiger partial charge is 0.416 e. The van der Waals surface area contributed by atoms with Crippen molar-refractivity contribution >= 4 is 11.6 Å². The molecule has 1 heterocycles. The Bertz CT molecular complexity index is 742. The van der Waals surface area contributed by atoms with E-state index in [-0.39, 0.29) is 0 Å². The molecule has 0 aromatic heterocycles. The number of rotatable bonds is 6. The first kappa shape index (κ1) is 21.1. The van der Waals surface area contributed by atoms with Crippen LogP contribution in [0.4, 0.5) is 13.2 Å². The van der Waals surface area contributed by atoms with Gasteiger partial charge in [-0.2, -0.15) is 13.2 Å². The number of nitrogens with zero attached hydrogens (tertiary/aromatic N) is 2. The number of aliphatic hydroxyl groups excluding tert-OH is 1. The molecule has 0 amide bonds. The minimum Gasteiger partial charge on any atom is -0.391 e. The maximum atomic E-state index is 12.6. The third-order valence-electron chi connectivity index (χ3n) is 5.01. The Morgan fingerprint density at radius 2 is 1.39 bits per heavy atom. The van der Waals surface area contributed by atoms with Gasteiger partial charge in [-0.15, -0.1) is 0 Å². The number of hydrogen-bond acceptors (Lipinski definition) is 3. The second-order valence-electron chi connectivity index (χ2n) is 7.26. The Labute approximate surface area is 168 Å². The van der Waals surface area contributed by atoms with Crippen LogP contribution >= 0.6 is 11.6 Å². The van der Waals surface area contributed by atoms with Gasteiger partial charge in [-0.1, -0.05) is 35.9 Å². The monoisotopic (exact) mass is 412 g/mol. The molecule has 1 N–H and O–H groups in total. The van der Waals surface area contributed by atoms with Crippen LogP contribution in [0.3, 0.4) is 0 Å². The van der Waals surface area contributed by atoms with Crippen molar-refractivity contribution in [3.63, 3.8) is 0 Å². The predicted molar refractivity (Wildman–Crippen MR) is 104 cm³/mol. The van der Waals surface area contributed by atoms with Crippen LogP contribution in [-0.4, -0.2) is 53.7 Å². The minimum atomic E-state index is -4.33. The summed E-state index contributed by atoms with van der Waals surface area (Å²) in [6.45, 7) is 4.94. The van der Waals surface area contributed by atoms with Crippen molar-refractivity contribution in [1.29, 1.82) is 0 Å². The number of hydrogen-bond donors (Lipinski definition) is 1. The SMILES string of the molecule is O[C@@H](Cc1ccc(C(F)(F)F)cc1)CN1CCN(Cc2ccc(Cl)cc2)CC1. The molecule has 7 heteroatoms. The number of aliphatic hydroxyl groups is 1. The molecule has 3 nitrogen and oxygen atoms in total. The summed E-state index contributed by atoms with van der Waals surface area (Å²) in [6, 6.07) is 12.9. The van der Waals surface area contributed by atoms with Crippen LogP contribution in [0.25, 0.3) is 0 Å². The molecule has 1 saturated heterocycles. The third kappa shape index (κ3) is 6.21. The first-order chi connectivity index (χ1) is 13.3. The number of piperazine rings is 1. The normalized spacial score (nSPS) is 17.6. The van der Waals surface area contributed by atoms with E-state index in [0.717, 1.165) is 49.9 Å². The Balaban J connectivity index is 1.42. The van der Waals surface area contributed by atoms with Crippen molar-refractivity contribution in [3.05, 3.63) is 70.2 Å². The maximum absolute atomic E-state index is 12.6. The molecule has 2 aromatic carbocycles. The van der Waals surface area contributed by atoms with E-state index in [4.69, 9.17) is 11.6 Å². The Hall–Kier alpha value is -1.60. The van der Waals surface area contributed by atoms with E-state index in [1.807, 2.05) is 24.3 Å². The molecule has 152 valence electrons. The molecular weight excluding hydrogens is 389 g/mol. The lowest BCUT2D eigenvalue weighted by molar-refractivity contribution is -0.137. The molecule has 0 radical (unpaired) electrons. The molecule has 1 fully saturated rings. The van der Waals surface area contributed by atoms with Crippen LogP contribution in [0.15, 0.2) is 48.5 Å². The zero-order valence-corrected chi connectivity index (χ0v) is 16.3. The predicted octanol–water partition coefficient (Wildman–Crippen LogP) is 4.08. The number of benzene rings is 2. The first-order valence-electron chi connectivity index (χ1n) is 9.33. The molecule has 1 atom stereocenters. The summed E-state index contributed by atoms with van der Waals surface area (Å²) in [5, 5.41) is 11.1. The van der Waals surface area contributed by atoms with Gasteiger partial charge in [0, 0.05) is 44.3 Å². The zero-order chi connectivity index (χ0) is 20.1. The fourth-order valence-electron chi connectivity index (χ4n) is 3.44. The number of β-amino-alcohol motifs (C(OH)–C–C–N with tert-alkyl or cyclic N) is 1. The Kier molecular flexibility index (Phi) is 6.99. The van der Waals surface area contributed by atoms with Crippen LogP contribution < -0.4 is 0 Å². The van der Waals surface area contributed by atoms with Gasteiger partial charge in [0.15, 0.2) is 0 Å². The average Bonchev–Trinajstić information content (AvgIpc) is 2.65. The van der Waals surface area contributed by atoms with E-state index in [1.54, 1.807) is 0 Å². The highest BCUT2D eigenvalue weighted by molar-refractivity contribution is 6.30. The van der Waals surface area contributed by atoms with Gasteiger partial charge in [-0.25, -0.2) is 0 Å². The van der Waals surface area contributed by atoms with Crippen molar-refractivity contribution in [2.75, 3.05) is 32.7 Å². The highest BCUT2D eigenvalue weighted by Crippen LogP contribution is 2.29. The first-order valence-corrected chi connectivity index (χ1v) is 9.71. The summed E-state index contributed by atoms with van der Waals surface area (Å²) >= 11 is 5.91. The van der Waals surface area contributed by atoms with Crippen molar-refractivity contribution < 1.29 is 18.3 Å². The maximum Gasteiger partial charge on any atom is 0.416 e. The fourth-order valence-corrected chi connectivity index (χ4v) is 3.57. The van der Waals surface area contributed by atoms with Crippen molar-refractivity contribution in [2.24, 2.45) is 0 Å². The summed E-state index contributed by atoms with van der Waals surface area (Å²) in [7, 11) is 0. The zero-order valence-electron chi connectivity index (χ0n) is 15.5. The summed E-state index contributed by atoms with van der Waals surface area (Å²) in [5.74, 6) is 0. The molecular formula is C21H24ClF3N2O. The molecule has 0 saturated carbocycles. The third-order valence-corrected chi connectivity index (χ3v) is 5.26. The highest BCUT2D eigenvalue weighted by atomic mass is 35.5. The van der Waals surface area contributed by atoms with Crippen molar-refractivity contribution in [3.8, 4) is 0 Å². The van der Waals surface area contributed by atoms with Crippen LogP contribution in [0.1, 0.15) is 16.7 Å². The van der Waals surface area contributed by atoms with Gasteiger partial charge in [-0.05, 0) is 41.8 Å². The van der Waals surface area contributed by atoms with E-state index >= 15 is 0 Å². The van der Waals surface area contributed by atoms with E-state index in [1.165, 1.54) is 17.7 Å². The second-order valence-corrected chi connectivity index (χ2v) is 7.69. The quantitative estimate of drug-likeness (QED) is 0.774. The molecule has 0 bridgehead atoms. The van der Waals surface area contributed by atoms with Crippen LogP contribution in [0.5, 0.6) is 0 Å². The van der Waals surface area contributed by atoms with E-state index in [2.05, 4.69) is 9.80 Å². The number of alkyl halides is 3. The van der Waals surface area contributed by atoms with Gasteiger partial charge < -0.3 is 5.11 Å². The topological polar surface area (TPSA) is 26.7 Å². The van der Waals surface area contributed by atoms with Gasteiger partial charge in [0.2, 0.25) is 0 Å². The van der Waals surface area contributed by atoms with Gasteiger partial charge in [0.25, 0.3) is 0 Å². The van der Waals surface area contributed by atoms with Gasteiger partial charge in [-0.3, -0.25) is 9.80 Å². The van der Waals surface area contributed by atoms with Crippen LogP contribution in [0.2, 0.25) is 5.02 Å². The van der Waals surface area contributed by atoms with Crippen LogP contribution in [0, 0.1) is 0 Å². The molecule has 28 heavy (non-hydrogen) atoms. The van der Waals surface area contributed by atoms with Gasteiger partial charge in [0.1, 0.15) is 0 Å². The smallest absolute Gasteiger partial charge is 0.391 e. The lowest BCUT2D eigenvalue weighted by Gasteiger charge is -2.35. The summed E-state index contributed by atoms with van der Waals surface area (Å²) < 4.78 is 37.8. The van der Waals surface area contributed by atoms with E-state index < -0.39 is 17.8 Å². The number of halogens is 4. The Morgan fingerprint density at radius 3 is 1.96 bits per heavy atom. The second kappa shape index (κ2) is 9.27. The van der Waals surface area contributed by atoms with Gasteiger partial charge in [0.05, 0.1) is 11.7 Å². The van der Waals surface area contributed by atoms with Crippen LogP contribution in [-0.2, 0) is 19.1 Å². The summed E-state index contributed by atoms with van der Waals surface area (Å²) in [6.07, 6.45) is -4.58. The summed E-state index contributed by atoms with van der Waals surface area (Å²) in [5.41, 5.74) is 1.27. The highest BCUT2D eigenvalue weighted by Gasteiger charge is 2.30. The molecule has 3 rings (SSSR count). The molecule has 0 unspecified atom stereocenters. The van der Waals surface area contributed by atoms with Crippen molar-refractivity contribution in [1.82, 2.24) is 9.80 Å².